The Bertz CT molecular complexity index is 294. The van der Waals surface area contributed by atoms with Crippen molar-refractivity contribution in [2.24, 2.45) is 5.92 Å². The minimum Gasteiger partial charge on any atom is -0.480 e. The fourth-order valence-electron chi connectivity index (χ4n) is 1.91. The molecule has 0 rings (SSSR count). The second kappa shape index (κ2) is 8.74. The van der Waals surface area contributed by atoms with E-state index < -0.39 is 12.0 Å². The normalized spacial score (nSPS) is 14.0. The van der Waals surface area contributed by atoms with E-state index in [-0.39, 0.29) is 18.0 Å². The zero-order chi connectivity index (χ0) is 15.0. The number of hydrogen-bond acceptors (Lipinski definition) is 3. The van der Waals surface area contributed by atoms with E-state index in [1.54, 1.807) is 12.0 Å². The summed E-state index contributed by atoms with van der Waals surface area (Å²) in [6.07, 6.45) is 0.414. The van der Waals surface area contributed by atoms with Gasteiger partial charge in [-0.05, 0) is 26.2 Å². The minimum absolute atomic E-state index is 0.0940. The number of rotatable bonds is 8. The number of carboxylic acids is 1. The summed E-state index contributed by atoms with van der Waals surface area (Å²) >= 11 is 0. The molecule has 0 radical (unpaired) electrons. The Labute approximate surface area is 115 Å². The summed E-state index contributed by atoms with van der Waals surface area (Å²) in [7, 11) is 1.57. The Kier molecular flexibility index (Phi) is 8.14. The van der Waals surface area contributed by atoms with Crippen LogP contribution in [0.5, 0.6) is 0 Å². The van der Waals surface area contributed by atoms with Crippen molar-refractivity contribution in [3.63, 3.8) is 0 Å². The molecule has 6 heteroatoms. The van der Waals surface area contributed by atoms with Gasteiger partial charge in [-0.25, -0.2) is 9.59 Å². The van der Waals surface area contributed by atoms with Crippen molar-refractivity contribution in [3.8, 4) is 0 Å². The first-order valence-corrected chi connectivity index (χ1v) is 6.62. The number of carbonyl (C=O) groups excluding carboxylic acids is 1. The zero-order valence-corrected chi connectivity index (χ0v) is 12.5. The lowest BCUT2D eigenvalue weighted by Gasteiger charge is -2.29. The van der Waals surface area contributed by atoms with Crippen molar-refractivity contribution in [2.75, 3.05) is 20.3 Å². The number of carboxylic acid groups (broad SMARTS) is 1. The molecule has 0 aromatic carbocycles. The van der Waals surface area contributed by atoms with Crippen LogP contribution in [0.3, 0.4) is 0 Å². The Morgan fingerprint density at radius 3 is 2.26 bits per heavy atom. The van der Waals surface area contributed by atoms with Crippen LogP contribution >= 0.6 is 0 Å². The van der Waals surface area contributed by atoms with Crippen LogP contribution in [0, 0.1) is 5.92 Å². The third-order valence-corrected chi connectivity index (χ3v) is 2.84. The van der Waals surface area contributed by atoms with Gasteiger partial charge in [-0.3, -0.25) is 0 Å². The first-order chi connectivity index (χ1) is 8.83. The molecule has 0 bridgehead atoms. The molecule has 0 saturated carbocycles. The Hall–Kier alpha value is -1.30. The largest absolute Gasteiger partial charge is 0.480 e. The number of urea groups is 1. The Morgan fingerprint density at radius 2 is 1.89 bits per heavy atom. The molecule has 0 aliphatic heterocycles. The molecule has 0 aromatic rings. The molecular weight excluding hydrogens is 248 g/mol. The number of amides is 2. The number of nitrogens with zero attached hydrogens (tertiary/aromatic N) is 1. The Balaban J connectivity index is 4.63. The van der Waals surface area contributed by atoms with Gasteiger partial charge in [0, 0.05) is 13.7 Å². The second-order valence-corrected chi connectivity index (χ2v) is 5.06. The van der Waals surface area contributed by atoms with Gasteiger partial charge in [0.05, 0.1) is 12.6 Å². The second-order valence-electron chi connectivity index (χ2n) is 5.06. The number of ether oxygens (including phenoxy) is 1. The van der Waals surface area contributed by atoms with E-state index >= 15 is 0 Å². The van der Waals surface area contributed by atoms with Crippen LogP contribution in [0.25, 0.3) is 0 Å². The summed E-state index contributed by atoms with van der Waals surface area (Å²) in [5.41, 5.74) is 0. The smallest absolute Gasteiger partial charge is 0.326 e. The fraction of sp³-hybridized carbons (Fsp3) is 0.846. The van der Waals surface area contributed by atoms with E-state index in [2.05, 4.69) is 5.32 Å². The molecule has 0 spiro atoms. The lowest BCUT2D eigenvalue weighted by molar-refractivity contribution is -0.139. The summed E-state index contributed by atoms with van der Waals surface area (Å²) < 4.78 is 5.02. The summed E-state index contributed by atoms with van der Waals surface area (Å²) in [6.45, 7) is 8.49. The first kappa shape index (κ1) is 17.7. The van der Waals surface area contributed by atoms with E-state index in [1.807, 2.05) is 27.7 Å². The van der Waals surface area contributed by atoms with E-state index in [1.165, 1.54) is 0 Å². The third kappa shape index (κ3) is 6.42. The van der Waals surface area contributed by atoms with Crippen LogP contribution in [-0.4, -0.2) is 54.4 Å². The molecule has 2 N–H and O–H groups in total. The van der Waals surface area contributed by atoms with E-state index in [9.17, 15) is 9.59 Å². The van der Waals surface area contributed by atoms with Gasteiger partial charge in [0.2, 0.25) is 0 Å². The molecule has 2 atom stereocenters. The molecule has 0 heterocycles. The Morgan fingerprint density at radius 1 is 1.32 bits per heavy atom. The number of aliphatic carboxylic acids is 1. The summed E-state index contributed by atoms with van der Waals surface area (Å²) in [4.78, 5) is 24.8. The first-order valence-electron chi connectivity index (χ1n) is 6.62. The molecule has 0 aliphatic rings. The SMILES string of the molecule is CCN(C(=O)NC(CC(C)C)C(=O)O)C(C)COC. The maximum Gasteiger partial charge on any atom is 0.326 e. The van der Waals surface area contributed by atoms with Crippen molar-refractivity contribution in [2.45, 2.75) is 46.2 Å². The highest BCUT2D eigenvalue weighted by Crippen LogP contribution is 2.07. The molecule has 19 heavy (non-hydrogen) atoms. The van der Waals surface area contributed by atoms with Crippen molar-refractivity contribution in [1.82, 2.24) is 10.2 Å². The lowest BCUT2D eigenvalue weighted by Crippen LogP contribution is -2.51. The van der Waals surface area contributed by atoms with E-state index in [0.717, 1.165) is 0 Å². The maximum absolute atomic E-state index is 12.1. The molecule has 2 unspecified atom stereocenters. The van der Waals surface area contributed by atoms with Crippen LogP contribution in [0.4, 0.5) is 4.79 Å². The van der Waals surface area contributed by atoms with Crippen molar-refractivity contribution < 1.29 is 19.4 Å². The predicted octanol–water partition coefficient (Wildman–Crippen LogP) is 1.55. The number of likely N-dealkylation sites (N-methyl/N-ethyl adjacent to an activating group) is 1. The number of nitrogens with one attached hydrogen (secondary N) is 1. The van der Waals surface area contributed by atoms with Crippen molar-refractivity contribution in [3.05, 3.63) is 0 Å². The van der Waals surface area contributed by atoms with E-state index in [4.69, 9.17) is 9.84 Å². The summed E-state index contributed by atoms with van der Waals surface area (Å²) in [5.74, 6) is -0.801. The highest BCUT2D eigenvalue weighted by molar-refractivity contribution is 5.82. The number of methoxy groups -OCH3 is 1. The molecule has 2 amide bonds. The molecule has 112 valence electrons. The van der Waals surface area contributed by atoms with Gasteiger partial charge in [-0.2, -0.15) is 0 Å². The van der Waals surface area contributed by atoms with Crippen LogP contribution in [0.1, 0.15) is 34.1 Å². The van der Waals surface area contributed by atoms with Gasteiger partial charge in [0.25, 0.3) is 0 Å². The van der Waals surface area contributed by atoms with Crippen molar-refractivity contribution in [1.29, 1.82) is 0 Å². The average molecular weight is 274 g/mol. The fourth-order valence-corrected chi connectivity index (χ4v) is 1.91. The highest BCUT2D eigenvalue weighted by atomic mass is 16.5. The highest BCUT2D eigenvalue weighted by Gasteiger charge is 2.25. The van der Waals surface area contributed by atoms with Crippen LogP contribution < -0.4 is 5.32 Å². The number of hydrogen-bond donors (Lipinski definition) is 2. The predicted molar refractivity (Wildman–Crippen MR) is 73.1 cm³/mol. The van der Waals surface area contributed by atoms with Crippen LogP contribution in [0.15, 0.2) is 0 Å². The summed E-state index contributed by atoms with van der Waals surface area (Å²) in [6, 6.07) is -1.31. The molecule has 6 nitrogen and oxygen atoms in total. The van der Waals surface area contributed by atoms with Gasteiger partial charge in [0.1, 0.15) is 6.04 Å². The molecule has 0 fully saturated rings. The van der Waals surface area contributed by atoms with Gasteiger partial charge in [-0.15, -0.1) is 0 Å². The van der Waals surface area contributed by atoms with Gasteiger partial charge < -0.3 is 20.1 Å². The van der Waals surface area contributed by atoms with Gasteiger partial charge in [-0.1, -0.05) is 13.8 Å². The van der Waals surface area contributed by atoms with Gasteiger partial charge >= 0.3 is 12.0 Å². The zero-order valence-electron chi connectivity index (χ0n) is 12.5. The maximum atomic E-state index is 12.1. The molecule has 0 aromatic heterocycles. The van der Waals surface area contributed by atoms with Crippen LogP contribution in [0.2, 0.25) is 0 Å². The molecule has 0 aliphatic carbocycles. The standard InChI is InChI=1S/C13H26N2O4/c1-6-15(10(4)8-19-5)13(18)14-11(12(16)17)7-9(2)3/h9-11H,6-8H2,1-5H3,(H,14,18)(H,16,17). The summed E-state index contributed by atoms with van der Waals surface area (Å²) in [5, 5.41) is 11.7. The molecular formula is C13H26N2O4. The monoisotopic (exact) mass is 274 g/mol. The average Bonchev–Trinajstić information content (AvgIpc) is 2.28. The third-order valence-electron chi connectivity index (χ3n) is 2.84. The van der Waals surface area contributed by atoms with Gasteiger partial charge in [0.15, 0.2) is 0 Å². The minimum atomic E-state index is -1.00. The lowest BCUT2D eigenvalue weighted by atomic mass is 10.0. The topological polar surface area (TPSA) is 78.9 Å². The van der Waals surface area contributed by atoms with E-state index in [0.29, 0.717) is 19.6 Å². The number of carbonyl (C=O) groups is 2. The molecule has 0 saturated heterocycles. The van der Waals surface area contributed by atoms with Crippen molar-refractivity contribution >= 4 is 12.0 Å². The van der Waals surface area contributed by atoms with Crippen LogP contribution in [-0.2, 0) is 9.53 Å². The quantitative estimate of drug-likeness (QED) is 0.704.